The molecule has 0 aliphatic heterocycles. The maximum Gasteiger partial charge on any atom is 0.247 e. The average molecular weight is 492 g/mol. The van der Waals surface area contributed by atoms with Crippen molar-refractivity contribution in [1.82, 2.24) is 25.2 Å². The zero-order valence-electron chi connectivity index (χ0n) is 20.7. The van der Waals surface area contributed by atoms with Crippen molar-refractivity contribution in [2.24, 2.45) is 0 Å². The van der Waals surface area contributed by atoms with E-state index in [0.29, 0.717) is 28.3 Å². The summed E-state index contributed by atoms with van der Waals surface area (Å²) in [7, 11) is 3.06. The molecule has 0 saturated carbocycles. The predicted molar refractivity (Wildman–Crippen MR) is 132 cm³/mol. The van der Waals surface area contributed by atoms with Crippen LogP contribution in [-0.2, 0) is 22.7 Å². The summed E-state index contributed by atoms with van der Waals surface area (Å²) in [6.07, 6.45) is 1.54. The number of nitrogens with one attached hydrogen (secondary N) is 1. The number of ether oxygens (including phenoxy) is 2. The SMILES string of the molecule is COc1ccc(C(C(=O)NCc2ccco2)N(C(=O)Cn2nnc3ccccc32)C(C)C)c(OC)c1. The van der Waals surface area contributed by atoms with E-state index in [2.05, 4.69) is 15.6 Å². The molecule has 0 radical (unpaired) electrons. The molecule has 2 heterocycles. The minimum atomic E-state index is -0.983. The Kier molecular flexibility index (Phi) is 7.53. The molecule has 4 aromatic rings. The second-order valence-corrected chi connectivity index (χ2v) is 8.44. The molecular weight excluding hydrogens is 462 g/mol. The Morgan fingerprint density at radius 2 is 1.89 bits per heavy atom. The molecule has 2 aromatic heterocycles. The third-order valence-corrected chi connectivity index (χ3v) is 5.83. The monoisotopic (exact) mass is 491 g/mol. The minimum absolute atomic E-state index is 0.0842. The average Bonchev–Trinajstić information content (AvgIpc) is 3.55. The van der Waals surface area contributed by atoms with E-state index >= 15 is 0 Å². The van der Waals surface area contributed by atoms with Crippen LogP contribution in [0.3, 0.4) is 0 Å². The van der Waals surface area contributed by atoms with E-state index in [4.69, 9.17) is 13.9 Å². The van der Waals surface area contributed by atoms with Gasteiger partial charge in [-0.25, -0.2) is 4.68 Å². The highest BCUT2D eigenvalue weighted by molar-refractivity contribution is 5.90. The fraction of sp³-hybridized carbons (Fsp3) is 0.308. The van der Waals surface area contributed by atoms with Crippen LogP contribution in [0, 0.1) is 0 Å². The molecule has 1 atom stereocenters. The number of carbonyl (C=O) groups excluding carboxylic acids is 2. The van der Waals surface area contributed by atoms with Crippen LogP contribution in [0.5, 0.6) is 11.5 Å². The van der Waals surface area contributed by atoms with Crippen LogP contribution in [0.25, 0.3) is 11.0 Å². The Morgan fingerprint density at radius 1 is 1.08 bits per heavy atom. The Bertz CT molecular complexity index is 1330. The van der Waals surface area contributed by atoms with Crippen molar-refractivity contribution in [3.8, 4) is 11.5 Å². The van der Waals surface area contributed by atoms with Crippen LogP contribution in [0.15, 0.2) is 65.3 Å². The molecule has 0 fully saturated rings. The van der Waals surface area contributed by atoms with Gasteiger partial charge in [0.15, 0.2) is 0 Å². The van der Waals surface area contributed by atoms with Gasteiger partial charge in [-0.15, -0.1) is 5.10 Å². The highest BCUT2D eigenvalue weighted by atomic mass is 16.5. The molecule has 2 amide bonds. The van der Waals surface area contributed by atoms with E-state index in [0.717, 1.165) is 5.52 Å². The molecule has 10 heteroatoms. The molecule has 0 spiro atoms. The van der Waals surface area contributed by atoms with E-state index in [9.17, 15) is 9.59 Å². The van der Waals surface area contributed by atoms with Crippen LogP contribution in [0.1, 0.15) is 31.2 Å². The number of rotatable bonds is 10. The smallest absolute Gasteiger partial charge is 0.247 e. The van der Waals surface area contributed by atoms with Gasteiger partial charge in [0.25, 0.3) is 0 Å². The van der Waals surface area contributed by atoms with Crippen LogP contribution >= 0.6 is 0 Å². The number of carbonyl (C=O) groups is 2. The lowest BCUT2D eigenvalue weighted by Gasteiger charge is -2.35. The molecule has 0 saturated heterocycles. The summed E-state index contributed by atoms with van der Waals surface area (Å²) in [6, 6.07) is 14.8. The number of aromatic nitrogens is 3. The second-order valence-electron chi connectivity index (χ2n) is 8.44. The topological polar surface area (TPSA) is 112 Å². The van der Waals surface area contributed by atoms with E-state index in [1.807, 2.05) is 38.1 Å². The summed E-state index contributed by atoms with van der Waals surface area (Å²) in [4.78, 5) is 28.9. The molecule has 0 aliphatic rings. The third kappa shape index (κ3) is 5.17. The molecule has 188 valence electrons. The minimum Gasteiger partial charge on any atom is -0.497 e. The van der Waals surface area contributed by atoms with Gasteiger partial charge >= 0.3 is 0 Å². The molecule has 1 N–H and O–H groups in total. The van der Waals surface area contributed by atoms with E-state index < -0.39 is 6.04 Å². The summed E-state index contributed by atoms with van der Waals surface area (Å²) >= 11 is 0. The molecule has 0 bridgehead atoms. The number of methoxy groups -OCH3 is 2. The van der Waals surface area contributed by atoms with Gasteiger partial charge < -0.3 is 24.1 Å². The van der Waals surface area contributed by atoms with Crippen LogP contribution in [0.4, 0.5) is 0 Å². The first-order chi connectivity index (χ1) is 17.4. The van der Waals surface area contributed by atoms with Crippen molar-refractivity contribution < 1.29 is 23.5 Å². The van der Waals surface area contributed by atoms with Gasteiger partial charge in [0.1, 0.15) is 35.4 Å². The number of amides is 2. The van der Waals surface area contributed by atoms with Crippen molar-refractivity contribution in [2.75, 3.05) is 14.2 Å². The summed E-state index contributed by atoms with van der Waals surface area (Å²) in [6.45, 7) is 3.81. The number of fused-ring (bicyclic) bond motifs is 1. The zero-order valence-corrected chi connectivity index (χ0v) is 20.7. The van der Waals surface area contributed by atoms with Crippen molar-refractivity contribution in [2.45, 2.75) is 39.0 Å². The quantitative estimate of drug-likeness (QED) is 0.362. The van der Waals surface area contributed by atoms with Crippen molar-refractivity contribution in [3.05, 3.63) is 72.2 Å². The summed E-state index contributed by atoms with van der Waals surface area (Å²) < 4.78 is 17.8. The van der Waals surface area contributed by atoms with Crippen molar-refractivity contribution in [1.29, 1.82) is 0 Å². The normalized spacial score (nSPS) is 11.9. The number of para-hydroxylation sites is 1. The van der Waals surface area contributed by atoms with E-state index in [-0.39, 0.29) is 30.9 Å². The van der Waals surface area contributed by atoms with Gasteiger partial charge in [-0.3, -0.25) is 9.59 Å². The van der Waals surface area contributed by atoms with Crippen LogP contribution < -0.4 is 14.8 Å². The van der Waals surface area contributed by atoms with Gasteiger partial charge in [0, 0.05) is 17.7 Å². The van der Waals surface area contributed by atoms with E-state index in [1.54, 1.807) is 37.4 Å². The van der Waals surface area contributed by atoms with Gasteiger partial charge in [-0.1, -0.05) is 17.3 Å². The standard InChI is InChI=1S/C26H29N5O5/c1-17(2)31(24(32)16-30-22-10-6-5-9-21(22)28-29-30)25(26(33)27-15-19-8-7-13-36-19)20-12-11-18(34-3)14-23(20)35-4/h5-14,17,25H,15-16H2,1-4H3,(H,27,33). The first kappa shape index (κ1) is 24.8. The molecule has 2 aromatic carbocycles. The lowest BCUT2D eigenvalue weighted by Crippen LogP contribution is -2.48. The summed E-state index contributed by atoms with van der Waals surface area (Å²) in [5.41, 5.74) is 1.95. The Labute approximate surface area is 208 Å². The first-order valence-electron chi connectivity index (χ1n) is 11.5. The fourth-order valence-corrected chi connectivity index (χ4v) is 4.12. The number of benzene rings is 2. The molecule has 1 unspecified atom stereocenters. The lowest BCUT2D eigenvalue weighted by molar-refractivity contribution is -0.143. The molecule has 4 rings (SSSR count). The molecule has 10 nitrogen and oxygen atoms in total. The van der Waals surface area contributed by atoms with Crippen molar-refractivity contribution >= 4 is 22.8 Å². The highest BCUT2D eigenvalue weighted by Gasteiger charge is 2.35. The maximum atomic E-state index is 13.7. The Balaban J connectivity index is 1.71. The Morgan fingerprint density at radius 3 is 2.58 bits per heavy atom. The summed E-state index contributed by atoms with van der Waals surface area (Å²) in [5.74, 6) is 0.927. The number of nitrogens with zero attached hydrogens (tertiary/aromatic N) is 4. The second kappa shape index (κ2) is 10.9. The fourth-order valence-electron chi connectivity index (χ4n) is 4.12. The Hall–Kier alpha value is -4.34. The molecule has 0 aliphatic carbocycles. The maximum absolute atomic E-state index is 13.7. The lowest BCUT2D eigenvalue weighted by atomic mass is 10.0. The highest BCUT2D eigenvalue weighted by Crippen LogP contribution is 2.34. The predicted octanol–water partition coefficient (Wildman–Crippen LogP) is 3.34. The molecular formula is C26H29N5O5. The van der Waals surface area contributed by atoms with Gasteiger partial charge in [-0.05, 0) is 50.2 Å². The van der Waals surface area contributed by atoms with Crippen LogP contribution in [-0.4, -0.2) is 52.0 Å². The van der Waals surface area contributed by atoms with Gasteiger partial charge in [-0.2, -0.15) is 0 Å². The number of hydrogen-bond donors (Lipinski definition) is 1. The van der Waals surface area contributed by atoms with Gasteiger partial charge in [0.2, 0.25) is 11.8 Å². The van der Waals surface area contributed by atoms with Crippen molar-refractivity contribution in [3.63, 3.8) is 0 Å². The largest absolute Gasteiger partial charge is 0.497 e. The van der Waals surface area contributed by atoms with Gasteiger partial charge in [0.05, 0.1) is 32.5 Å². The number of furan rings is 1. The first-order valence-corrected chi connectivity index (χ1v) is 11.5. The third-order valence-electron chi connectivity index (χ3n) is 5.83. The van der Waals surface area contributed by atoms with E-state index in [1.165, 1.54) is 23.0 Å². The van der Waals surface area contributed by atoms with Crippen LogP contribution in [0.2, 0.25) is 0 Å². The molecule has 36 heavy (non-hydrogen) atoms. The number of hydrogen-bond acceptors (Lipinski definition) is 7. The summed E-state index contributed by atoms with van der Waals surface area (Å²) in [5, 5.41) is 11.2. The zero-order chi connectivity index (χ0) is 25.7.